The monoisotopic (exact) mass is 455 g/mol. The van der Waals surface area contributed by atoms with Crippen molar-refractivity contribution in [3.05, 3.63) is 47.0 Å². The Kier molecular flexibility index (Phi) is 9.22. The van der Waals surface area contributed by atoms with E-state index in [1.54, 1.807) is 0 Å². The summed E-state index contributed by atoms with van der Waals surface area (Å²) in [6.07, 6.45) is 2.39. The number of anilines is 1. The summed E-state index contributed by atoms with van der Waals surface area (Å²) >= 11 is 0.990. The van der Waals surface area contributed by atoms with Gasteiger partial charge in [0.1, 0.15) is 11.8 Å². The minimum atomic E-state index is -3.50. The lowest BCUT2D eigenvalue weighted by molar-refractivity contribution is -0.00833. The van der Waals surface area contributed by atoms with E-state index in [1.165, 1.54) is 5.38 Å². The number of carbonyl (C=O) groups is 1. The van der Waals surface area contributed by atoms with Gasteiger partial charge in [0.2, 0.25) is 10.0 Å². The van der Waals surface area contributed by atoms with Gasteiger partial charge in [-0.25, -0.2) is 13.4 Å². The lowest BCUT2D eigenvalue weighted by Crippen LogP contribution is -2.49. The van der Waals surface area contributed by atoms with Crippen LogP contribution < -0.4 is 10.0 Å². The second kappa shape index (κ2) is 11.4. The molecule has 3 atom stereocenters. The van der Waals surface area contributed by atoms with Crippen LogP contribution in [0.3, 0.4) is 0 Å². The van der Waals surface area contributed by atoms with Crippen molar-refractivity contribution in [2.75, 3.05) is 11.0 Å². The Bertz CT molecular complexity index is 902. The van der Waals surface area contributed by atoms with Crippen molar-refractivity contribution in [3.63, 3.8) is 0 Å². The Morgan fingerprint density at radius 2 is 1.90 bits per heavy atom. The summed E-state index contributed by atoms with van der Waals surface area (Å²) in [4.78, 5) is 16.7. The highest BCUT2D eigenvalue weighted by atomic mass is 32.2. The first kappa shape index (κ1) is 24.3. The average molecular weight is 456 g/mol. The van der Waals surface area contributed by atoms with E-state index in [4.69, 9.17) is 0 Å². The van der Waals surface area contributed by atoms with Gasteiger partial charge in [-0.1, -0.05) is 56.5 Å². The van der Waals surface area contributed by atoms with E-state index in [-0.39, 0.29) is 10.8 Å². The van der Waals surface area contributed by atoms with Crippen LogP contribution in [0, 0.1) is 0 Å². The zero-order valence-corrected chi connectivity index (χ0v) is 18.7. The van der Waals surface area contributed by atoms with E-state index in [0.717, 1.165) is 42.4 Å². The minimum absolute atomic E-state index is 0.0388. The molecular weight excluding hydrogens is 426 g/mol. The summed E-state index contributed by atoms with van der Waals surface area (Å²) in [7, 11) is -3.50. The highest BCUT2D eigenvalue weighted by molar-refractivity contribution is 7.92. The van der Waals surface area contributed by atoms with Crippen molar-refractivity contribution in [1.29, 1.82) is 0 Å². The van der Waals surface area contributed by atoms with E-state index < -0.39 is 34.2 Å². The maximum atomic E-state index is 12.7. The maximum Gasteiger partial charge on any atom is 0.271 e. The second-order valence-corrected chi connectivity index (χ2v) is 9.84. The van der Waals surface area contributed by atoms with Crippen molar-refractivity contribution in [3.8, 4) is 0 Å². The first-order chi connectivity index (χ1) is 14.2. The van der Waals surface area contributed by atoms with Crippen LogP contribution in [0.4, 0.5) is 5.13 Å². The molecule has 10 heteroatoms. The molecule has 8 nitrogen and oxygen atoms in total. The predicted octanol–water partition coefficient (Wildman–Crippen LogP) is 2.16. The van der Waals surface area contributed by atoms with E-state index >= 15 is 0 Å². The number of aliphatic hydroxyl groups excluding tert-OH is 2. The summed E-state index contributed by atoms with van der Waals surface area (Å²) in [6, 6.07) is 8.63. The van der Waals surface area contributed by atoms with Crippen molar-refractivity contribution in [1.82, 2.24) is 10.3 Å². The molecule has 0 aliphatic heterocycles. The largest absolute Gasteiger partial charge is 0.390 e. The minimum Gasteiger partial charge on any atom is -0.390 e. The van der Waals surface area contributed by atoms with Crippen LogP contribution in [0.5, 0.6) is 0 Å². The first-order valence-corrected chi connectivity index (χ1v) is 12.6. The molecule has 0 fully saturated rings. The molecule has 0 radical (unpaired) electrons. The highest BCUT2D eigenvalue weighted by Crippen LogP contribution is 2.18. The first-order valence-electron chi connectivity index (χ1n) is 9.84. The number of amides is 1. The van der Waals surface area contributed by atoms with Gasteiger partial charge < -0.3 is 15.5 Å². The average Bonchev–Trinajstić information content (AvgIpc) is 3.14. The van der Waals surface area contributed by atoms with Crippen LogP contribution in [-0.4, -0.2) is 54.0 Å². The molecule has 3 unspecified atom stereocenters. The number of hydrogen-bond acceptors (Lipinski definition) is 7. The fourth-order valence-corrected chi connectivity index (χ4v) is 4.54. The molecule has 0 spiro atoms. The zero-order chi connectivity index (χ0) is 22.1. The number of nitrogens with one attached hydrogen (secondary N) is 2. The van der Waals surface area contributed by atoms with Crippen molar-refractivity contribution in [2.45, 2.75) is 57.3 Å². The van der Waals surface area contributed by atoms with Gasteiger partial charge in [-0.05, 0) is 18.4 Å². The van der Waals surface area contributed by atoms with Gasteiger partial charge in [-0.3, -0.25) is 9.52 Å². The molecule has 1 amide bonds. The molecular formula is C20H29N3O5S2. The predicted molar refractivity (Wildman–Crippen MR) is 118 cm³/mol. The molecule has 166 valence electrons. The zero-order valence-electron chi connectivity index (χ0n) is 17.1. The quantitative estimate of drug-likeness (QED) is 0.363. The summed E-state index contributed by atoms with van der Waals surface area (Å²) in [5.41, 5.74) is 0.942. The molecule has 4 N–H and O–H groups in total. The number of carbonyl (C=O) groups excluding carboxylic acids is 1. The lowest BCUT2D eigenvalue weighted by atomic mass is 9.95. The molecule has 2 aromatic rings. The third-order valence-electron chi connectivity index (χ3n) is 4.53. The Morgan fingerprint density at radius 1 is 1.20 bits per heavy atom. The molecule has 0 saturated heterocycles. The van der Waals surface area contributed by atoms with E-state index in [2.05, 4.69) is 21.9 Å². The Balaban J connectivity index is 2.12. The van der Waals surface area contributed by atoms with E-state index in [1.807, 2.05) is 30.3 Å². The third kappa shape index (κ3) is 8.02. The number of benzene rings is 1. The number of aliphatic hydroxyl groups is 2. The number of thiazole rings is 1. The topological polar surface area (TPSA) is 129 Å². The SMILES string of the molecule is CCCCCC(O)C(O)C(Cc1ccccc1)NC(=O)c1csc(NS(C)(=O)=O)n1. The van der Waals surface area contributed by atoms with Crippen LogP contribution >= 0.6 is 11.3 Å². The van der Waals surface area contributed by atoms with Gasteiger partial charge in [0.25, 0.3) is 5.91 Å². The van der Waals surface area contributed by atoms with Crippen LogP contribution in [0.25, 0.3) is 0 Å². The Hall–Kier alpha value is -2.01. The highest BCUT2D eigenvalue weighted by Gasteiger charge is 2.28. The molecule has 1 heterocycles. The van der Waals surface area contributed by atoms with Crippen LogP contribution in [0.2, 0.25) is 0 Å². The van der Waals surface area contributed by atoms with E-state index in [9.17, 15) is 23.4 Å². The molecule has 0 saturated carbocycles. The summed E-state index contributed by atoms with van der Waals surface area (Å²) in [6.45, 7) is 2.06. The van der Waals surface area contributed by atoms with Crippen LogP contribution in [0.1, 0.15) is 48.7 Å². The fourth-order valence-electron chi connectivity index (χ4n) is 2.99. The smallest absolute Gasteiger partial charge is 0.271 e. The number of aromatic nitrogens is 1. The van der Waals surface area contributed by atoms with Gasteiger partial charge in [-0.2, -0.15) is 0 Å². The lowest BCUT2D eigenvalue weighted by Gasteiger charge is -2.28. The van der Waals surface area contributed by atoms with Gasteiger partial charge in [0, 0.05) is 5.38 Å². The van der Waals surface area contributed by atoms with Gasteiger partial charge in [0.05, 0.1) is 18.4 Å². The number of nitrogens with zero attached hydrogens (tertiary/aromatic N) is 1. The standard InChI is InChI=1S/C20H29N3O5S2/c1-3-4-6-11-17(24)18(25)15(12-14-9-7-5-8-10-14)21-19(26)16-13-29-20(22-16)23-30(2,27)28/h5,7-10,13,15,17-18,24-25H,3-4,6,11-12H2,1-2H3,(H,21,26)(H,22,23). The Labute approximate surface area is 181 Å². The number of sulfonamides is 1. The van der Waals surface area contributed by atoms with Crippen molar-refractivity contribution in [2.24, 2.45) is 0 Å². The second-order valence-electron chi connectivity index (χ2n) is 7.24. The molecule has 0 bridgehead atoms. The van der Waals surface area contributed by atoms with Gasteiger partial charge in [0.15, 0.2) is 5.13 Å². The van der Waals surface area contributed by atoms with Gasteiger partial charge >= 0.3 is 0 Å². The van der Waals surface area contributed by atoms with Crippen molar-refractivity contribution < 1.29 is 23.4 Å². The van der Waals surface area contributed by atoms with E-state index in [0.29, 0.717) is 12.8 Å². The molecule has 1 aromatic carbocycles. The normalized spacial score (nSPS) is 14.7. The summed E-state index contributed by atoms with van der Waals surface area (Å²) in [5.74, 6) is -0.548. The maximum absolute atomic E-state index is 12.7. The molecule has 30 heavy (non-hydrogen) atoms. The number of rotatable bonds is 12. The number of hydrogen-bond donors (Lipinski definition) is 4. The molecule has 0 aliphatic carbocycles. The van der Waals surface area contributed by atoms with Crippen molar-refractivity contribution >= 4 is 32.4 Å². The summed E-state index contributed by atoms with van der Waals surface area (Å²) in [5, 5.41) is 25.4. The number of unbranched alkanes of at least 4 members (excludes halogenated alkanes) is 2. The molecule has 0 aliphatic rings. The van der Waals surface area contributed by atoms with Gasteiger partial charge in [-0.15, -0.1) is 11.3 Å². The van der Waals surface area contributed by atoms with Crippen LogP contribution in [-0.2, 0) is 16.4 Å². The molecule has 2 rings (SSSR count). The Morgan fingerprint density at radius 3 is 2.53 bits per heavy atom. The van der Waals surface area contributed by atoms with Crippen LogP contribution in [0.15, 0.2) is 35.7 Å². The fraction of sp³-hybridized carbons (Fsp3) is 0.500. The molecule has 1 aromatic heterocycles. The summed E-state index contributed by atoms with van der Waals surface area (Å²) < 4.78 is 24.9. The third-order valence-corrected chi connectivity index (χ3v) is 5.99.